The van der Waals surface area contributed by atoms with Gasteiger partial charge in [0.1, 0.15) is 11.5 Å². The number of hydrogen-bond donors (Lipinski definition) is 0. The van der Waals surface area contributed by atoms with Crippen molar-refractivity contribution < 1.29 is 13.6 Å². The zero-order chi connectivity index (χ0) is 15.5. The molecule has 1 atom stereocenters. The van der Waals surface area contributed by atoms with E-state index in [0.29, 0.717) is 11.5 Å². The first-order valence-corrected chi connectivity index (χ1v) is 8.88. The molecular weight excluding hydrogens is 283 g/mol. The summed E-state index contributed by atoms with van der Waals surface area (Å²) in [5.41, 5.74) is 1.28. The van der Waals surface area contributed by atoms with E-state index in [4.69, 9.17) is 9.05 Å². The molecule has 0 radical (unpaired) electrons. The van der Waals surface area contributed by atoms with Crippen LogP contribution in [0.4, 0.5) is 0 Å². The van der Waals surface area contributed by atoms with E-state index in [0.717, 1.165) is 0 Å². The normalized spacial score (nSPS) is 14.3. The van der Waals surface area contributed by atoms with E-state index in [1.54, 1.807) is 12.1 Å². The van der Waals surface area contributed by atoms with Gasteiger partial charge < -0.3 is 9.05 Å². The Balaban J connectivity index is 2.08. The fourth-order valence-electron chi connectivity index (χ4n) is 1.90. The third-order valence-corrected chi connectivity index (χ3v) is 4.09. The molecule has 3 nitrogen and oxygen atoms in total. The van der Waals surface area contributed by atoms with E-state index in [1.807, 2.05) is 42.5 Å². The average molecular weight is 304 g/mol. The topological polar surface area (TPSA) is 35.5 Å². The summed E-state index contributed by atoms with van der Waals surface area (Å²) in [7, 11) is -3.19. The Labute approximate surface area is 126 Å². The molecule has 2 rings (SSSR count). The van der Waals surface area contributed by atoms with E-state index in [2.05, 4.69) is 20.8 Å². The quantitative estimate of drug-likeness (QED) is 0.722. The van der Waals surface area contributed by atoms with Crippen LogP contribution in [0.5, 0.6) is 11.5 Å². The molecular formula is C17H21O3P. The predicted molar refractivity (Wildman–Crippen MR) is 86.4 cm³/mol. The average Bonchev–Trinajstić information content (AvgIpc) is 2.38. The zero-order valence-corrected chi connectivity index (χ0v) is 13.8. The van der Waals surface area contributed by atoms with Crippen LogP contribution < -0.4 is 9.05 Å². The lowest BCUT2D eigenvalue weighted by atomic mass is 9.87. The first-order chi connectivity index (χ1) is 9.76. The van der Waals surface area contributed by atoms with E-state index >= 15 is 0 Å². The van der Waals surface area contributed by atoms with Crippen molar-refractivity contribution >= 4 is 7.60 Å². The van der Waals surface area contributed by atoms with Crippen LogP contribution in [0.25, 0.3) is 0 Å². The van der Waals surface area contributed by atoms with Gasteiger partial charge >= 0.3 is 7.60 Å². The molecule has 0 fully saturated rings. The summed E-state index contributed by atoms with van der Waals surface area (Å²) >= 11 is 0. The highest BCUT2D eigenvalue weighted by molar-refractivity contribution is 7.53. The SMILES string of the molecule is CC(C)(C)c1ccc(OP(C)(=O)Oc2ccccc2)cc1. The lowest BCUT2D eigenvalue weighted by Crippen LogP contribution is -2.10. The second kappa shape index (κ2) is 5.95. The minimum Gasteiger partial charge on any atom is -0.416 e. The van der Waals surface area contributed by atoms with Crippen LogP contribution in [-0.2, 0) is 9.98 Å². The summed E-state index contributed by atoms with van der Waals surface area (Å²) in [5.74, 6) is 1.08. The molecule has 0 aliphatic heterocycles. The molecule has 2 aromatic carbocycles. The second-order valence-corrected chi connectivity index (χ2v) is 7.95. The van der Waals surface area contributed by atoms with Gasteiger partial charge in [0.05, 0.1) is 6.66 Å². The standard InChI is InChI=1S/C17H21O3P/c1-17(2,3)14-10-12-16(13-11-14)20-21(4,18)19-15-8-6-5-7-9-15/h5-13H,1-4H3. The fourth-order valence-corrected chi connectivity index (χ4v) is 2.95. The van der Waals surface area contributed by atoms with Crippen LogP contribution in [0, 0.1) is 0 Å². The number of hydrogen-bond acceptors (Lipinski definition) is 3. The van der Waals surface area contributed by atoms with Crippen LogP contribution in [0.1, 0.15) is 26.3 Å². The summed E-state index contributed by atoms with van der Waals surface area (Å²) in [6, 6.07) is 16.6. The molecule has 0 saturated carbocycles. The monoisotopic (exact) mass is 304 g/mol. The maximum Gasteiger partial charge on any atom is 0.427 e. The molecule has 4 heteroatoms. The highest BCUT2D eigenvalue weighted by Gasteiger charge is 2.21. The van der Waals surface area contributed by atoms with E-state index in [-0.39, 0.29) is 5.41 Å². The van der Waals surface area contributed by atoms with E-state index in [9.17, 15) is 4.57 Å². The van der Waals surface area contributed by atoms with Crippen molar-refractivity contribution in [2.24, 2.45) is 0 Å². The molecule has 0 heterocycles. The summed E-state index contributed by atoms with van der Waals surface area (Å²) in [6.07, 6.45) is 0. The highest BCUT2D eigenvalue weighted by atomic mass is 31.2. The Bertz CT molecular complexity index is 627. The fraction of sp³-hybridized carbons (Fsp3) is 0.294. The van der Waals surface area contributed by atoms with Gasteiger partial charge in [-0.3, -0.25) is 0 Å². The number of para-hydroxylation sites is 1. The molecule has 0 aliphatic rings. The third-order valence-electron chi connectivity index (χ3n) is 3.01. The lowest BCUT2D eigenvalue weighted by molar-refractivity contribution is 0.393. The molecule has 0 amide bonds. The van der Waals surface area contributed by atoms with Gasteiger partial charge in [-0.1, -0.05) is 51.1 Å². The third kappa shape index (κ3) is 4.64. The Kier molecular flexibility index (Phi) is 4.43. The van der Waals surface area contributed by atoms with Gasteiger partial charge in [-0.2, -0.15) is 0 Å². The van der Waals surface area contributed by atoms with Gasteiger partial charge in [-0.05, 0) is 35.2 Å². The Hall–Kier alpha value is -1.73. The molecule has 0 aliphatic carbocycles. The highest BCUT2D eigenvalue weighted by Crippen LogP contribution is 2.44. The maximum absolute atomic E-state index is 12.4. The lowest BCUT2D eigenvalue weighted by Gasteiger charge is -2.20. The van der Waals surface area contributed by atoms with Crippen molar-refractivity contribution in [2.75, 3.05) is 6.66 Å². The Morgan fingerprint density at radius 1 is 0.810 bits per heavy atom. The minimum atomic E-state index is -3.19. The molecule has 0 N–H and O–H groups in total. The van der Waals surface area contributed by atoms with Gasteiger partial charge in [0.25, 0.3) is 0 Å². The summed E-state index contributed by atoms with van der Waals surface area (Å²) in [6.45, 7) is 7.90. The van der Waals surface area contributed by atoms with Crippen molar-refractivity contribution in [1.29, 1.82) is 0 Å². The van der Waals surface area contributed by atoms with Gasteiger partial charge in [0.15, 0.2) is 0 Å². The van der Waals surface area contributed by atoms with Gasteiger partial charge in [-0.25, -0.2) is 4.57 Å². The number of rotatable bonds is 4. The van der Waals surface area contributed by atoms with Crippen LogP contribution in [0.3, 0.4) is 0 Å². The molecule has 1 unspecified atom stereocenters. The first-order valence-electron chi connectivity index (χ1n) is 6.89. The summed E-state index contributed by atoms with van der Waals surface area (Å²) in [5, 5.41) is 0. The van der Waals surface area contributed by atoms with Crippen LogP contribution in [-0.4, -0.2) is 6.66 Å². The minimum absolute atomic E-state index is 0.0784. The molecule has 0 saturated heterocycles. The van der Waals surface area contributed by atoms with Crippen molar-refractivity contribution in [3.63, 3.8) is 0 Å². The van der Waals surface area contributed by atoms with Gasteiger partial charge in [0.2, 0.25) is 0 Å². The zero-order valence-electron chi connectivity index (χ0n) is 12.9. The summed E-state index contributed by atoms with van der Waals surface area (Å²) in [4.78, 5) is 0. The van der Waals surface area contributed by atoms with Crippen molar-refractivity contribution in [1.82, 2.24) is 0 Å². The van der Waals surface area contributed by atoms with Gasteiger partial charge in [0, 0.05) is 0 Å². The first kappa shape index (κ1) is 15.7. The second-order valence-electron chi connectivity index (χ2n) is 6.04. The molecule has 2 aromatic rings. The van der Waals surface area contributed by atoms with E-state index < -0.39 is 7.60 Å². The molecule has 0 bridgehead atoms. The number of benzene rings is 2. The molecule has 0 aromatic heterocycles. The summed E-state index contributed by atoms with van der Waals surface area (Å²) < 4.78 is 23.3. The van der Waals surface area contributed by atoms with Gasteiger partial charge in [-0.15, -0.1) is 0 Å². The molecule has 112 valence electrons. The maximum atomic E-state index is 12.4. The van der Waals surface area contributed by atoms with Crippen molar-refractivity contribution in [3.05, 3.63) is 60.2 Å². The van der Waals surface area contributed by atoms with E-state index in [1.165, 1.54) is 12.2 Å². The molecule has 0 spiro atoms. The van der Waals surface area contributed by atoms with Crippen LogP contribution in [0.15, 0.2) is 54.6 Å². The largest absolute Gasteiger partial charge is 0.427 e. The van der Waals surface area contributed by atoms with Crippen LogP contribution in [0.2, 0.25) is 0 Å². The van der Waals surface area contributed by atoms with Crippen molar-refractivity contribution in [3.8, 4) is 11.5 Å². The Morgan fingerprint density at radius 2 is 1.29 bits per heavy atom. The predicted octanol–water partition coefficient (Wildman–Crippen LogP) is 5.26. The van der Waals surface area contributed by atoms with Crippen molar-refractivity contribution in [2.45, 2.75) is 26.2 Å². The molecule has 21 heavy (non-hydrogen) atoms. The van der Waals surface area contributed by atoms with Crippen LogP contribution >= 0.6 is 7.60 Å². The smallest absolute Gasteiger partial charge is 0.416 e. The Morgan fingerprint density at radius 3 is 1.76 bits per heavy atom.